The van der Waals surface area contributed by atoms with Crippen molar-refractivity contribution in [3.8, 4) is 0 Å². The molecule has 1 rings (SSSR count). The number of hydrogen-bond donors (Lipinski definition) is 3. The minimum Gasteiger partial charge on any atom is -0.399 e. The molecule has 0 amide bonds. The Morgan fingerprint density at radius 2 is 1.84 bits per heavy atom. The largest absolute Gasteiger partial charge is 0.399 e. The Morgan fingerprint density at radius 1 is 1.21 bits per heavy atom. The molecule has 19 heavy (non-hydrogen) atoms. The lowest BCUT2D eigenvalue weighted by molar-refractivity contribution is 0.555. The highest BCUT2D eigenvalue weighted by molar-refractivity contribution is 7.89. The summed E-state index contributed by atoms with van der Waals surface area (Å²) in [5.74, 6) is -1.33. The molecule has 10 heteroatoms. The maximum atomic E-state index is 13.4. The molecule has 0 aromatic heterocycles. The average Bonchev–Trinajstić information content (AvgIpc) is 2.22. The Bertz CT molecular complexity index is 658. The van der Waals surface area contributed by atoms with Gasteiger partial charge in [-0.15, -0.1) is 0 Å². The predicted molar refractivity (Wildman–Crippen MR) is 68.6 cm³/mol. The van der Waals surface area contributed by atoms with Crippen LogP contribution in [-0.2, 0) is 20.0 Å². The molecule has 0 unspecified atom stereocenters. The fraction of sp³-hybridized carbons (Fsp3) is 0.333. The van der Waals surface area contributed by atoms with Crippen LogP contribution in [0.5, 0.6) is 0 Å². The molecule has 0 heterocycles. The van der Waals surface area contributed by atoms with Gasteiger partial charge >= 0.3 is 0 Å². The highest BCUT2D eigenvalue weighted by Gasteiger charge is 2.18. The van der Waals surface area contributed by atoms with Crippen LogP contribution in [0.1, 0.15) is 6.42 Å². The van der Waals surface area contributed by atoms with Gasteiger partial charge in [0.2, 0.25) is 20.0 Å². The molecule has 0 aliphatic carbocycles. The summed E-state index contributed by atoms with van der Waals surface area (Å²) < 4.78 is 60.2. The van der Waals surface area contributed by atoms with Crippen molar-refractivity contribution in [3.05, 3.63) is 24.0 Å². The van der Waals surface area contributed by atoms with E-state index in [0.29, 0.717) is 0 Å². The molecule has 1 aromatic rings. The van der Waals surface area contributed by atoms with Crippen molar-refractivity contribution in [1.29, 1.82) is 0 Å². The summed E-state index contributed by atoms with van der Waals surface area (Å²) in [5, 5.41) is 4.76. The smallest absolute Gasteiger partial charge is 0.243 e. The highest BCUT2D eigenvalue weighted by atomic mass is 32.2. The van der Waals surface area contributed by atoms with Gasteiger partial charge in [0, 0.05) is 12.2 Å². The standard InChI is InChI=1S/C9H14FN3O4S2/c10-8-6-7(11)2-3-9(8)19(16,17)13-4-1-5-18(12,14)15/h2-3,6,13H,1,4-5,11H2,(H2,12,14,15). The number of benzene rings is 1. The number of nitrogen functional groups attached to an aromatic ring is 1. The topological polar surface area (TPSA) is 132 Å². The summed E-state index contributed by atoms with van der Waals surface area (Å²) in [6, 6.07) is 3.17. The van der Waals surface area contributed by atoms with Crippen molar-refractivity contribution in [3.63, 3.8) is 0 Å². The second-order valence-electron chi connectivity index (χ2n) is 3.81. The molecule has 0 aliphatic heterocycles. The molecule has 0 saturated heterocycles. The number of rotatable bonds is 6. The first-order valence-electron chi connectivity index (χ1n) is 5.17. The molecule has 0 atom stereocenters. The van der Waals surface area contributed by atoms with Gasteiger partial charge in [-0.2, -0.15) is 0 Å². The van der Waals surface area contributed by atoms with Crippen LogP contribution in [0, 0.1) is 5.82 Å². The van der Waals surface area contributed by atoms with E-state index in [9.17, 15) is 21.2 Å². The van der Waals surface area contributed by atoms with E-state index in [1.165, 1.54) is 6.07 Å². The van der Waals surface area contributed by atoms with Crippen LogP contribution in [-0.4, -0.2) is 29.1 Å². The van der Waals surface area contributed by atoms with Crippen LogP contribution in [0.25, 0.3) is 0 Å². The van der Waals surface area contributed by atoms with Crippen LogP contribution in [0.3, 0.4) is 0 Å². The predicted octanol–water partition coefficient (Wildman–Crippen LogP) is -0.635. The summed E-state index contributed by atoms with van der Waals surface area (Å²) in [4.78, 5) is -0.544. The summed E-state index contributed by atoms with van der Waals surface area (Å²) in [7, 11) is -7.69. The van der Waals surface area contributed by atoms with Gasteiger partial charge in [0.05, 0.1) is 5.75 Å². The first-order chi connectivity index (χ1) is 8.62. The number of sulfonamides is 2. The van der Waals surface area contributed by atoms with Crippen LogP contribution >= 0.6 is 0 Å². The van der Waals surface area contributed by atoms with Gasteiger partial charge in [-0.3, -0.25) is 0 Å². The van der Waals surface area contributed by atoms with Gasteiger partial charge in [0.1, 0.15) is 10.7 Å². The molecule has 0 saturated carbocycles. The van der Waals surface area contributed by atoms with E-state index in [-0.39, 0.29) is 24.4 Å². The first-order valence-corrected chi connectivity index (χ1v) is 8.37. The molecule has 108 valence electrons. The lowest BCUT2D eigenvalue weighted by Gasteiger charge is -2.07. The van der Waals surface area contributed by atoms with E-state index < -0.39 is 30.8 Å². The molecule has 0 radical (unpaired) electrons. The normalized spacial score (nSPS) is 12.5. The highest BCUT2D eigenvalue weighted by Crippen LogP contribution is 2.16. The number of hydrogen-bond acceptors (Lipinski definition) is 5. The van der Waals surface area contributed by atoms with E-state index in [2.05, 4.69) is 4.72 Å². The summed E-state index contributed by atoms with van der Waals surface area (Å²) in [6.45, 7) is -0.164. The third-order valence-corrected chi connectivity index (χ3v) is 4.50. The van der Waals surface area contributed by atoms with Crippen molar-refractivity contribution in [2.75, 3.05) is 18.0 Å². The van der Waals surface area contributed by atoms with E-state index in [0.717, 1.165) is 12.1 Å². The molecule has 0 fully saturated rings. The van der Waals surface area contributed by atoms with Crippen LogP contribution in [0.4, 0.5) is 10.1 Å². The van der Waals surface area contributed by atoms with Gasteiger partial charge < -0.3 is 5.73 Å². The zero-order chi connectivity index (χ0) is 14.7. The number of primary sulfonamides is 1. The number of nitrogens with one attached hydrogen (secondary N) is 1. The Labute approximate surface area is 110 Å². The third-order valence-electron chi connectivity index (χ3n) is 2.14. The molecule has 7 nitrogen and oxygen atoms in total. The second-order valence-corrected chi connectivity index (χ2v) is 7.28. The quantitative estimate of drug-likeness (QED) is 0.475. The Balaban J connectivity index is 2.71. The summed E-state index contributed by atoms with van der Waals surface area (Å²) in [6.07, 6.45) is -0.00530. The zero-order valence-electron chi connectivity index (χ0n) is 9.84. The van der Waals surface area contributed by atoms with Crippen molar-refractivity contribution < 1.29 is 21.2 Å². The average molecular weight is 311 g/mol. The minimum atomic E-state index is -4.04. The lowest BCUT2D eigenvalue weighted by Crippen LogP contribution is -2.28. The van der Waals surface area contributed by atoms with E-state index in [4.69, 9.17) is 10.9 Å². The summed E-state index contributed by atoms with van der Waals surface area (Å²) >= 11 is 0. The third kappa shape index (κ3) is 5.11. The van der Waals surface area contributed by atoms with E-state index in [1.807, 2.05) is 0 Å². The second kappa shape index (κ2) is 5.82. The van der Waals surface area contributed by atoms with Crippen molar-refractivity contribution in [1.82, 2.24) is 4.72 Å². The monoisotopic (exact) mass is 311 g/mol. The minimum absolute atomic E-state index is 0.00530. The fourth-order valence-corrected chi connectivity index (χ4v) is 2.97. The molecular weight excluding hydrogens is 297 g/mol. The fourth-order valence-electron chi connectivity index (χ4n) is 1.29. The van der Waals surface area contributed by atoms with Crippen LogP contribution in [0.2, 0.25) is 0 Å². The Morgan fingerprint density at radius 3 is 2.37 bits per heavy atom. The number of halogens is 1. The lowest BCUT2D eigenvalue weighted by atomic mass is 10.3. The maximum absolute atomic E-state index is 13.4. The number of anilines is 1. The Kier molecular flexibility index (Phi) is 4.85. The van der Waals surface area contributed by atoms with Gasteiger partial charge in [0.15, 0.2) is 0 Å². The van der Waals surface area contributed by atoms with Crippen molar-refractivity contribution in [2.24, 2.45) is 5.14 Å². The molecule has 1 aromatic carbocycles. The van der Waals surface area contributed by atoms with Crippen LogP contribution in [0.15, 0.2) is 23.1 Å². The van der Waals surface area contributed by atoms with Crippen LogP contribution < -0.4 is 15.6 Å². The maximum Gasteiger partial charge on any atom is 0.243 e. The zero-order valence-corrected chi connectivity index (χ0v) is 11.5. The Hall–Kier alpha value is -1.23. The molecule has 5 N–H and O–H groups in total. The SMILES string of the molecule is Nc1ccc(S(=O)(=O)NCCCS(N)(=O)=O)c(F)c1. The first kappa shape index (κ1) is 15.8. The molecule has 0 aliphatic rings. The molecular formula is C9H14FN3O4S2. The van der Waals surface area contributed by atoms with Gasteiger partial charge in [0.25, 0.3) is 0 Å². The van der Waals surface area contributed by atoms with Gasteiger partial charge in [-0.25, -0.2) is 31.1 Å². The van der Waals surface area contributed by atoms with Gasteiger partial charge in [-0.1, -0.05) is 0 Å². The van der Waals surface area contributed by atoms with Crippen molar-refractivity contribution >= 4 is 25.7 Å². The van der Waals surface area contributed by atoms with E-state index in [1.54, 1.807) is 0 Å². The van der Waals surface area contributed by atoms with E-state index >= 15 is 0 Å². The van der Waals surface area contributed by atoms with Crippen molar-refractivity contribution in [2.45, 2.75) is 11.3 Å². The van der Waals surface area contributed by atoms with Gasteiger partial charge in [-0.05, 0) is 24.6 Å². The molecule has 0 spiro atoms. The summed E-state index contributed by atoms with van der Waals surface area (Å²) in [5.41, 5.74) is 5.41. The molecule has 0 bridgehead atoms. The number of nitrogens with two attached hydrogens (primary N) is 2.